The number of aliphatic hydroxyl groups is 1. The van der Waals surface area contributed by atoms with Gasteiger partial charge < -0.3 is 14.9 Å². The molecule has 0 unspecified atom stereocenters. The van der Waals surface area contributed by atoms with E-state index in [0.29, 0.717) is 38.2 Å². The van der Waals surface area contributed by atoms with E-state index in [9.17, 15) is 15.2 Å². The fraction of sp³-hybridized carbons (Fsp3) is 0.370. The molecule has 0 radical (unpaired) electrons. The molecule has 0 aromatic carbocycles. The molecule has 4 aromatic heterocycles. The number of aliphatic hydroxyl groups excluding tert-OH is 1. The minimum absolute atomic E-state index is 0.191. The standard InChI is InChI=1S/C27H30N8O2/c1-18(2)10-24(36)27(37)34-8-6-33(7-9-34)25-5-4-19(13-29-25)23-11-20(22-15-30-32(3)16-22)17-35-26(23)21(12-28)14-31-35/h4-5,11,13-18,24,36H,6-10H2,1-3H3/t24-/m0/s1. The Morgan fingerprint density at radius 1 is 1.05 bits per heavy atom. The third-order valence-electron chi connectivity index (χ3n) is 6.72. The van der Waals surface area contributed by atoms with Crippen molar-refractivity contribution in [2.45, 2.75) is 26.4 Å². The maximum Gasteiger partial charge on any atom is 0.251 e. The number of aryl methyl sites for hydroxylation is 1. The highest BCUT2D eigenvalue weighted by Crippen LogP contribution is 2.32. The third kappa shape index (κ3) is 4.90. The van der Waals surface area contributed by atoms with Crippen LogP contribution in [0.25, 0.3) is 27.8 Å². The first kappa shape index (κ1) is 24.5. The van der Waals surface area contributed by atoms with Crippen LogP contribution < -0.4 is 4.90 Å². The summed E-state index contributed by atoms with van der Waals surface area (Å²) in [5.41, 5.74) is 4.86. The number of rotatable bonds is 6. The number of carbonyl (C=O) groups excluding carboxylic acids is 1. The van der Waals surface area contributed by atoms with Gasteiger partial charge in [0.05, 0.1) is 23.5 Å². The van der Waals surface area contributed by atoms with E-state index in [1.165, 1.54) is 0 Å². The van der Waals surface area contributed by atoms with Crippen molar-refractivity contribution >= 4 is 17.2 Å². The first-order chi connectivity index (χ1) is 17.8. The van der Waals surface area contributed by atoms with Crippen LogP contribution in [0.2, 0.25) is 0 Å². The first-order valence-corrected chi connectivity index (χ1v) is 12.4. The molecule has 10 heteroatoms. The molecule has 0 bridgehead atoms. The maximum atomic E-state index is 12.6. The van der Waals surface area contributed by atoms with Gasteiger partial charge in [-0.05, 0) is 30.5 Å². The molecule has 0 spiro atoms. The number of nitriles is 1. The lowest BCUT2D eigenvalue weighted by Crippen LogP contribution is -2.51. The Kier molecular flexibility index (Phi) is 6.63. The zero-order chi connectivity index (χ0) is 26.1. The quantitative estimate of drug-likeness (QED) is 0.435. The molecule has 1 aliphatic heterocycles. The summed E-state index contributed by atoms with van der Waals surface area (Å²) < 4.78 is 3.48. The Morgan fingerprint density at radius 3 is 2.46 bits per heavy atom. The average Bonchev–Trinajstić information content (AvgIpc) is 3.53. The highest BCUT2D eigenvalue weighted by molar-refractivity contribution is 5.87. The summed E-state index contributed by atoms with van der Waals surface area (Å²) in [4.78, 5) is 21.2. The van der Waals surface area contributed by atoms with Crippen molar-refractivity contribution in [3.05, 3.63) is 54.7 Å². The number of aromatic nitrogens is 5. The molecule has 10 nitrogen and oxygen atoms in total. The average molecular weight is 499 g/mol. The van der Waals surface area contributed by atoms with Crippen LogP contribution >= 0.6 is 0 Å². The van der Waals surface area contributed by atoms with Gasteiger partial charge in [-0.25, -0.2) is 9.50 Å². The van der Waals surface area contributed by atoms with Crippen LogP contribution in [0, 0.1) is 17.2 Å². The largest absolute Gasteiger partial charge is 0.383 e. The molecule has 5 rings (SSSR count). The van der Waals surface area contributed by atoms with Gasteiger partial charge in [-0.2, -0.15) is 15.5 Å². The predicted octanol–water partition coefficient (Wildman–Crippen LogP) is 2.72. The van der Waals surface area contributed by atoms with Gasteiger partial charge >= 0.3 is 0 Å². The number of pyridine rings is 2. The summed E-state index contributed by atoms with van der Waals surface area (Å²) in [6.45, 7) is 6.39. The van der Waals surface area contributed by atoms with Gasteiger partial charge in [0.15, 0.2) is 0 Å². The maximum absolute atomic E-state index is 12.6. The highest BCUT2D eigenvalue weighted by Gasteiger charge is 2.27. The van der Waals surface area contributed by atoms with Gasteiger partial charge in [-0.3, -0.25) is 9.48 Å². The highest BCUT2D eigenvalue weighted by atomic mass is 16.3. The van der Waals surface area contributed by atoms with Crippen molar-refractivity contribution < 1.29 is 9.90 Å². The molecular formula is C27H30N8O2. The summed E-state index contributed by atoms with van der Waals surface area (Å²) in [7, 11) is 1.87. The number of amides is 1. The molecule has 0 saturated carbocycles. The van der Waals surface area contributed by atoms with Gasteiger partial charge in [-0.15, -0.1) is 0 Å². The number of fused-ring (bicyclic) bond motifs is 1. The summed E-state index contributed by atoms with van der Waals surface area (Å²) >= 11 is 0. The van der Waals surface area contributed by atoms with Crippen molar-refractivity contribution in [2.75, 3.05) is 31.1 Å². The Balaban J connectivity index is 1.37. The van der Waals surface area contributed by atoms with E-state index in [-0.39, 0.29) is 11.8 Å². The second-order valence-electron chi connectivity index (χ2n) is 9.87. The second kappa shape index (κ2) is 10.0. The fourth-order valence-corrected chi connectivity index (χ4v) is 4.80. The molecule has 1 atom stereocenters. The minimum atomic E-state index is -0.940. The normalized spacial score (nSPS) is 14.8. The van der Waals surface area contributed by atoms with Crippen LogP contribution in [0.5, 0.6) is 0 Å². The smallest absolute Gasteiger partial charge is 0.251 e. The lowest BCUT2D eigenvalue weighted by atomic mass is 10.0. The van der Waals surface area contributed by atoms with Gasteiger partial charge in [0.1, 0.15) is 18.0 Å². The van der Waals surface area contributed by atoms with Crippen LogP contribution in [0.3, 0.4) is 0 Å². The molecule has 0 aliphatic carbocycles. The lowest BCUT2D eigenvalue weighted by Gasteiger charge is -2.36. The second-order valence-corrected chi connectivity index (χ2v) is 9.87. The number of piperazine rings is 1. The van der Waals surface area contributed by atoms with E-state index < -0.39 is 6.10 Å². The molecule has 37 heavy (non-hydrogen) atoms. The molecule has 190 valence electrons. The van der Waals surface area contributed by atoms with E-state index in [1.807, 2.05) is 57.7 Å². The summed E-state index contributed by atoms with van der Waals surface area (Å²) in [5.74, 6) is 0.899. The van der Waals surface area contributed by atoms with Gasteiger partial charge in [0.25, 0.3) is 5.91 Å². The topological polar surface area (TPSA) is 116 Å². The Morgan fingerprint density at radius 2 is 1.84 bits per heavy atom. The number of nitrogens with zero attached hydrogens (tertiary/aromatic N) is 8. The zero-order valence-corrected chi connectivity index (χ0v) is 21.2. The van der Waals surface area contributed by atoms with Crippen LogP contribution in [-0.4, -0.2) is 72.6 Å². The number of hydrogen-bond acceptors (Lipinski definition) is 7. The van der Waals surface area contributed by atoms with Crippen LogP contribution in [0.1, 0.15) is 25.8 Å². The summed E-state index contributed by atoms with van der Waals surface area (Å²) in [5, 5.41) is 28.5. The molecule has 1 N–H and O–H groups in total. The number of hydrogen-bond donors (Lipinski definition) is 1. The Hall–Kier alpha value is -4.23. The molecule has 1 saturated heterocycles. The van der Waals surface area contributed by atoms with Crippen molar-refractivity contribution in [2.24, 2.45) is 13.0 Å². The predicted molar refractivity (Wildman–Crippen MR) is 140 cm³/mol. The van der Waals surface area contributed by atoms with Crippen LogP contribution in [0.4, 0.5) is 5.82 Å². The number of carbonyl (C=O) groups is 1. The van der Waals surface area contributed by atoms with E-state index in [4.69, 9.17) is 4.98 Å². The Bertz CT molecular complexity index is 1460. The van der Waals surface area contributed by atoms with E-state index in [0.717, 1.165) is 33.6 Å². The van der Waals surface area contributed by atoms with Crippen LogP contribution in [-0.2, 0) is 11.8 Å². The monoisotopic (exact) mass is 498 g/mol. The van der Waals surface area contributed by atoms with Crippen molar-refractivity contribution in [1.29, 1.82) is 5.26 Å². The molecule has 1 fully saturated rings. The summed E-state index contributed by atoms with van der Waals surface area (Å²) in [6, 6.07) is 8.25. The van der Waals surface area contributed by atoms with Gasteiger partial charge in [0, 0.05) is 74.1 Å². The Labute approximate surface area is 215 Å². The third-order valence-corrected chi connectivity index (χ3v) is 6.72. The molecule has 4 aromatic rings. The van der Waals surface area contributed by atoms with E-state index >= 15 is 0 Å². The molecular weight excluding hydrogens is 468 g/mol. The van der Waals surface area contributed by atoms with Crippen LogP contribution in [0.15, 0.2) is 49.2 Å². The fourth-order valence-electron chi connectivity index (χ4n) is 4.80. The molecule has 5 heterocycles. The lowest BCUT2D eigenvalue weighted by molar-refractivity contribution is -0.141. The SMILES string of the molecule is CC(C)C[C@H](O)C(=O)N1CCN(c2ccc(-c3cc(-c4cnn(C)c4)cn4ncc(C#N)c34)cn2)CC1. The van der Waals surface area contributed by atoms with Gasteiger partial charge in [0.2, 0.25) is 0 Å². The summed E-state index contributed by atoms with van der Waals surface area (Å²) in [6.07, 6.45) is 8.56. The van der Waals surface area contributed by atoms with E-state index in [2.05, 4.69) is 21.2 Å². The van der Waals surface area contributed by atoms with Gasteiger partial charge in [-0.1, -0.05) is 13.8 Å². The van der Waals surface area contributed by atoms with Crippen molar-refractivity contribution in [3.8, 4) is 28.3 Å². The minimum Gasteiger partial charge on any atom is -0.383 e. The first-order valence-electron chi connectivity index (χ1n) is 12.4. The molecule has 1 amide bonds. The van der Waals surface area contributed by atoms with E-state index in [1.54, 1.807) is 26.5 Å². The molecule has 1 aliphatic rings. The zero-order valence-electron chi connectivity index (χ0n) is 21.2. The number of anilines is 1. The van der Waals surface area contributed by atoms with Crippen molar-refractivity contribution in [3.63, 3.8) is 0 Å². The van der Waals surface area contributed by atoms with Crippen molar-refractivity contribution in [1.82, 2.24) is 29.3 Å².